The predicted octanol–water partition coefficient (Wildman–Crippen LogP) is 3.06. The lowest BCUT2D eigenvalue weighted by Crippen LogP contribution is -2.29. The summed E-state index contributed by atoms with van der Waals surface area (Å²) in [6, 6.07) is 11.5. The van der Waals surface area contributed by atoms with Gasteiger partial charge in [0.1, 0.15) is 6.04 Å². The highest BCUT2D eigenvalue weighted by Crippen LogP contribution is 2.17. The number of carbonyl (C=O) groups is 1. The number of hydrogen-bond acceptors (Lipinski definition) is 4. The van der Waals surface area contributed by atoms with Crippen LogP contribution in [0.1, 0.15) is 22.0 Å². The summed E-state index contributed by atoms with van der Waals surface area (Å²) in [5.74, 6) is -0.264. The van der Waals surface area contributed by atoms with Crippen molar-refractivity contribution < 1.29 is 9.53 Å². The van der Waals surface area contributed by atoms with Crippen LogP contribution in [0.5, 0.6) is 0 Å². The van der Waals surface area contributed by atoms with Crippen molar-refractivity contribution in [3.63, 3.8) is 0 Å². The van der Waals surface area contributed by atoms with E-state index in [9.17, 15) is 4.79 Å². The Kier molecular flexibility index (Phi) is 4.71. The van der Waals surface area contributed by atoms with E-state index in [1.807, 2.05) is 48.7 Å². The van der Waals surface area contributed by atoms with Crippen LogP contribution in [0, 0.1) is 6.92 Å². The average Bonchev–Trinajstić information content (AvgIpc) is 2.93. The molecule has 1 heterocycles. The molecule has 0 saturated heterocycles. The van der Waals surface area contributed by atoms with Gasteiger partial charge in [-0.3, -0.25) is 5.32 Å². The first-order chi connectivity index (χ1) is 9.20. The summed E-state index contributed by atoms with van der Waals surface area (Å²) >= 11 is 1.67. The van der Waals surface area contributed by atoms with Crippen molar-refractivity contribution in [3.8, 4) is 0 Å². The molecule has 0 amide bonds. The first-order valence-electron chi connectivity index (χ1n) is 6.11. The van der Waals surface area contributed by atoms with Crippen molar-refractivity contribution in [2.24, 2.45) is 0 Å². The Morgan fingerprint density at radius 3 is 2.63 bits per heavy atom. The van der Waals surface area contributed by atoms with Gasteiger partial charge in [-0.05, 0) is 23.9 Å². The Hall–Kier alpha value is -1.65. The minimum absolute atomic E-state index is 0.264. The molecule has 100 valence electrons. The molecule has 1 unspecified atom stereocenters. The monoisotopic (exact) mass is 275 g/mol. The molecule has 19 heavy (non-hydrogen) atoms. The van der Waals surface area contributed by atoms with Crippen molar-refractivity contribution in [1.29, 1.82) is 0 Å². The third kappa shape index (κ3) is 3.66. The Balaban J connectivity index is 2.11. The van der Waals surface area contributed by atoms with Crippen LogP contribution in [0.3, 0.4) is 0 Å². The van der Waals surface area contributed by atoms with E-state index in [0.29, 0.717) is 6.54 Å². The number of hydrogen-bond donors (Lipinski definition) is 1. The molecule has 0 bridgehead atoms. The molecule has 0 spiro atoms. The number of nitrogens with one attached hydrogen (secondary N) is 1. The van der Waals surface area contributed by atoms with Gasteiger partial charge in [0.2, 0.25) is 0 Å². The van der Waals surface area contributed by atoms with Crippen molar-refractivity contribution in [2.75, 3.05) is 7.11 Å². The summed E-state index contributed by atoms with van der Waals surface area (Å²) in [5.41, 5.74) is 2.10. The van der Waals surface area contributed by atoms with Crippen LogP contribution in [0.25, 0.3) is 0 Å². The second kappa shape index (κ2) is 6.50. The van der Waals surface area contributed by atoms with Crippen LogP contribution in [0.15, 0.2) is 41.8 Å². The van der Waals surface area contributed by atoms with E-state index < -0.39 is 6.04 Å². The van der Waals surface area contributed by atoms with E-state index in [1.54, 1.807) is 11.3 Å². The fourth-order valence-electron chi connectivity index (χ4n) is 1.83. The minimum Gasteiger partial charge on any atom is -0.468 e. The van der Waals surface area contributed by atoms with E-state index in [2.05, 4.69) is 5.32 Å². The van der Waals surface area contributed by atoms with E-state index in [-0.39, 0.29) is 5.97 Å². The zero-order valence-corrected chi connectivity index (χ0v) is 11.9. The Bertz CT molecular complexity index is 520. The lowest BCUT2D eigenvalue weighted by molar-refractivity contribution is -0.143. The first kappa shape index (κ1) is 13.8. The molecule has 0 aliphatic heterocycles. The Labute approximate surface area is 117 Å². The van der Waals surface area contributed by atoms with Crippen molar-refractivity contribution >= 4 is 17.3 Å². The molecular weight excluding hydrogens is 258 g/mol. The van der Waals surface area contributed by atoms with Gasteiger partial charge >= 0.3 is 5.97 Å². The number of aryl methyl sites for hydroxylation is 1. The highest BCUT2D eigenvalue weighted by molar-refractivity contribution is 7.09. The molecule has 1 atom stereocenters. The Morgan fingerprint density at radius 2 is 2.05 bits per heavy atom. The maximum absolute atomic E-state index is 11.9. The second-order valence-corrected chi connectivity index (χ2v) is 5.36. The van der Waals surface area contributed by atoms with Gasteiger partial charge < -0.3 is 4.74 Å². The molecular formula is C15H17NO2S. The van der Waals surface area contributed by atoms with Gasteiger partial charge in [-0.1, -0.05) is 35.9 Å². The molecule has 0 saturated carbocycles. The lowest BCUT2D eigenvalue weighted by atomic mass is 10.1. The van der Waals surface area contributed by atoms with Gasteiger partial charge in [0, 0.05) is 11.4 Å². The highest BCUT2D eigenvalue weighted by atomic mass is 32.1. The number of benzene rings is 1. The van der Waals surface area contributed by atoms with Crippen LogP contribution >= 0.6 is 11.3 Å². The van der Waals surface area contributed by atoms with Crippen molar-refractivity contribution in [3.05, 3.63) is 57.8 Å². The summed E-state index contributed by atoms with van der Waals surface area (Å²) in [5, 5.41) is 5.27. The third-order valence-corrected chi connectivity index (χ3v) is 3.78. The fraction of sp³-hybridized carbons (Fsp3) is 0.267. The summed E-state index contributed by atoms with van der Waals surface area (Å²) in [7, 11) is 1.41. The number of rotatable bonds is 5. The molecule has 0 aliphatic carbocycles. The Morgan fingerprint density at radius 1 is 1.32 bits per heavy atom. The maximum Gasteiger partial charge on any atom is 0.327 e. The van der Waals surface area contributed by atoms with E-state index in [0.717, 1.165) is 5.56 Å². The molecule has 0 fully saturated rings. The van der Waals surface area contributed by atoms with Crippen LogP contribution in [-0.2, 0) is 16.1 Å². The van der Waals surface area contributed by atoms with Gasteiger partial charge in [0.15, 0.2) is 0 Å². The maximum atomic E-state index is 11.9. The van der Waals surface area contributed by atoms with Crippen LogP contribution in [-0.4, -0.2) is 13.1 Å². The van der Waals surface area contributed by atoms with E-state index >= 15 is 0 Å². The number of ether oxygens (including phenoxy) is 1. The summed E-state index contributed by atoms with van der Waals surface area (Å²) in [6.45, 7) is 2.68. The van der Waals surface area contributed by atoms with Gasteiger partial charge in [-0.15, -0.1) is 11.3 Å². The van der Waals surface area contributed by atoms with Crippen molar-refractivity contribution in [2.45, 2.75) is 19.5 Å². The van der Waals surface area contributed by atoms with Gasteiger partial charge in [-0.2, -0.15) is 0 Å². The predicted molar refractivity (Wildman–Crippen MR) is 77.1 cm³/mol. The standard InChI is InChI=1S/C15H17NO2S/c1-11-5-7-12(8-6-11)14(15(17)18-2)16-10-13-4-3-9-19-13/h3-9,14,16H,10H2,1-2H3. The molecule has 1 N–H and O–H groups in total. The lowest BCUT2D eigenvalue weighted by Gasteiger charge is -2.16. The first-order valence-corrected chi connectivity index (χ1v) is 6.99. The molecule has 2 aromatic rings. The van der Waals surface area contributed by atoms with Gasteiger partial charge in [-0.25, -0.2) is 4.79 Å². The molecule has 4 heteroatoms. The number of carbonyl (C=O) groups excluding carboxylic acids is 1. The third-order valence-electron chi connectivity index (χ3n) is 2.91. The van der Waals surface area contributed by atoms with E-state index in [4.69, 9.17) is 4.74 Å². The van der Waals surface area contributed by atoms with Gasteiger partial charge in [0.25, 0.3) is 0 Å². The topological polar surface area (TPSA) is 38.3 Å². The number of esters is 1. The highest BCUT2D eigenvalue weighted by Gasteiger charge is 2.20. The van der Waals surface area contributed by atoms with Gasteiger partial charge in [0.05, 0.1) is 7.11 Å². The summed E-state index contributed by atoms with van der Waals surface area (Å²) < 4.78 is 4.87. The minimum atomic E-state index is -0.423. The molecule has 0 aliphatic rings. The summed E-state index contributed by atoms with van der Waals surface area (Å²) in [4.78, 5) is 13.1. The molecule has 1 aromatic heterocycles. The normalized spacial score (nSPS) is 12.1. The molecule has 1 aromatic carbocycles. The quantitative estimate of drug-likeness (QED) is 0.852. The van der Waals surface area contributed by atoms with E-state index in [1.165, 1.54) is 17.6 Å². The molecule has 2 rings (SSSR count). The zero-order chi connectivity index (χ0) is 13.7. The molecule has 0 radical (unpaired) electrons. The zero-order valence-electron chi connectivity index (χ0n) is 11.1. The second-order valence-electron chi connectivity index (χ2n) is 4.33. The molecule has 3 nitrogen and oxygen atoms in total. The number of thiophene rings is 1. The van der Waals surface area contributed by atoms with Crippen LogP contribution in [0.4, 0.5) is 0 Å². The summed E-state index contributed by atoms with van der Waals surface area (Å²) in [6.07, 6.45) is 0. The van der Waals surface area contributed by atoms with Crippen LogP contribution < -0.4 is 5.32 Å². The smallest absolute Gasteiger partial charge is 0.327 e. The fourth-order valence-corrected chi connectivity index (χ4v) is 2.49. The van der Waals surface area contributed by atoms with Crippen LogP contribution in [0.2, 0.25) is 0 Å². The average molecular weight is 275 g/mol. The SMILES string of the molecule is COC(=O)C(NCc1cccs1)c1ccc(C)cc1. The number of methoxy groups -OCH3 is 1. The van der Waals surface area contributed by atoms with Crippen molar-refractivity contribution in [1.82, 2.24) is 5.32 Å². The largest absolute Gasteiger partial charge is 0.468 e.